The Morgan fingerprint density at radius 3 is 2.59 bits per heavy atom. The van der Waals surface area contributed by atoms with Gasteiger partial charge in [0.05, 0.1) is 5.56 Å². The zero-order valence-corrected chi connectivity index (χ0v) is 14.7. The molecule has 2 aromatic rings. The van der Waals surface area contributed by atoms with Gasteiger partial charge in [0.25, 0.3) is 0 Å². The predicted molar refractivity (Wildman–Crippen MR) is 93.6 cm³/mol. The Bertz CT molecular complexity index is 864. The normalized spacial score (nSPS) is 16.6. The number of hydrogen-bond acceptors (Lipinski definition) is 2. The lowest BCUT2D eigenvalue weighted by molar-refractivity contribution is -0.140. The van der Waals surface area contributed by atoms with E-state index in [1.165, 1.54) is 24.0 Å². The number of hydrogen-bond donors (Lipinski definition) is 1. The molecule has 0 aromatic heterocycles. The van der Waals surface area contributed by atoms with E-state index in [0.717, 1.165) is 23.3 Å². The summed E-state index contributed by atoms with van der Waals surface area (Å²) in [6.07, 6.45) is -3.78. The fourth-order valence-electron chi connectivity index (χ4n) is 3.33. The summed E-state index contributed by atoms with van der Waals surface area (Å²) in [6.45, 7) is 1.78. The van der Waals surface area contributed by atoms with Crippen molar-refractivity contribution in [2.75, 3.05) is 6.54 Å². The molecular formula is C20H19F3N2O2. The smallest absolute Gasteiger partial charge is 0.350 e. The van der Waals surface area contributed by atoms with Crippen molar-refractivity contribution in [3.8, 4) is 0 Å². The average Bonchev–Trinajstić information content (AvgIpc) is 2.64. The highest BCUT2D eigenvalue weighted by molar-refractivity contribution is 5.88. The van der Waals surface area contributed by atoms with Gasteiger partial charge in [-0.25, -0.2) is 0 Å². The molecule has 1 aliphatic heterocycles. The van der Waals surface area contributed by atoms with Crippen molar-refractivity contribution < 1.29 is 22.8 Å². The molecule has 27 heavy (non-hydrogen) atoms. The van der Waals surface area contributed by atoms with Gasteiger partial charge in [-0.1, -0.05) is 36.4 Å². The number of benzene rings is 2. The van der Waals surface area contributed by atoms with Crippen molar-refractivity contribution in [3.63, 3.8) is 0 Å². The van der Waals surface area contributed by atoms with Crippen LogP contribution in [-0.4, -0.2) is 23.3 Å². The largest absolute Gasteiger partial charge is 0.416 e. The highest BCUT2D eigenvalue weighted by Gasteiger charge is 2.34. The van der Waals surface area contributed by atoms with Crippen molar-refractivity contribution in [2.45, 2.75) is 32.1 Å². The van der Waals surface area contributed by atoms with Gasteiger partial charge in [-0.05, 0) is 35.2 Å². The highest BCUT2D eigenvalue weighted by Crippen LogP contribution is 2.31. The van der Waals surface area contributed by atoms with Crippen LogP contribution >= 0.6 is 0 Å². The topological polar surface area (TPSA) is 49.4 Å². The molecule has 0 unspecified atom stereocenters. The molecule has 3 rings (SSSR count). The van der Waals surface area contributed by atoms with E-state index in [1.54, 1.807) is 12.1 Å². The molecule has 2 aromatic carbocycles. The van der Waals surface area contributed by atoms with E-state index >= 15 is 0 Å². The van der Waals surface area contributed by atoms with Gasteiger partial charge < -0.3 is 10.2 Å². The van der Waals surface area contributed by atoms with Gasteiger partial charge in [-0.2, -0.15) is 13.2 Å². The molecular weight excluding hydrogens is 357 g/mol. The molecule has 0 spiro atoms. The summed E-state index contributed by atoms with van der Waals surface area (Å²) >= 11 is 0. The van der Waals surface area contributed by atoms with Crippen LogP contribution in [0.1, 0.15) is 35.2 Å². The summed E-state index contributed by atoms with van der Waals surface area (Å²) in [5.74, 6) is -0.626. The Morgan fingerprint density at radius 2 is 1.89 bits per heavy atom. The summed E-state index contributed by atoms with van der Waals surface area (Å²) in [4.78, 5) is 26.3. The molecule has 0 bridgehead atoms. The summed E-state index contributed by atoms with van der Waals surface area (Å²) < 4.78 is 38.5. The molecule has 7 heteroatoms. The van der Waals surface area contributed by atoms with Gasteiger partial charge in [0.15, 0.2) is 0 Å². The Kier molecular flexibility index (Phi) is 5.21. The van der Waals surface area contributed by atoms with E-state index in [4.69, 9.17) is 0 Å². The van der Waals surface area contributed by atoms with Gasteiger partial charge in [0, 0.05) is 20.0 Å². The molecule has 142 valence electrons. The minimum Gasteiger partial charge on any atom is -0.350 e. The van der Waals surface area contributed by atoms with Crippen LogP contribution in [-0.2, 0) is 28.7 Å². The first-order valence-electron chi connectivity index (χ1n) is 8.56. The number of rotatable bonds is 3. The number of halogens is 3. The predicted octanol–water partition coefficient (Wildman–Crippen LogP) is 3.47. The van der Waals surface area contributed by atoms with E-state index in [-0.39, 0.29) is 12.5 Å². The summed E-state index contributed by atoms with van der Waals surface area (Å²) in [5.41, 5.74) is 1.33. The zero-order chi connectivity index (χ0) is 19.6. The lowest BCUT2D eigenvalue weighted by Crippen LogP contribution is -2.46. The number of alkyl halides is 3. The molecule has 4 nitrogen and oxygen atoms in total. The highest BCUT2D eigenvalue weighted by atomic mass is 19.4. The molecule has 1 heterocycles. The molecule has 1 atom stereocenters. The number of carbonyl (C=O) groups is 2. The second-order valence-electron chi connectivity index (χ2n) is 6.48. The molecule has 0 radical (unpaired) electrons. The third kappa shape index (κ3) is 4.13. The molecule has 0 saturated heterocycles. The van der Waals surface area contributed by atoms with Gasteiger partial charge >= 0.3 is 6.18 Å². The van der Waals surface area contributed by atoms with Crippen molar-refractivity contribution in [1.29, 1.82) is 0 Å². The van der Waals surface area contributed by atoms with Crippen LogP contribution in [0.3, 0.4) is 0 Å². The number of amides is 2. The summed E-state index contributed by atoms with van der Waals surface area (Å²) in [7, 11) is 0. The molecule has 2 amide bonds. The van der Waals surface area contributed by atoms with Crippen molar-refractivity contribution in [2.24, 2.45) is 0 Å². The maximum Gasteiger partial charge on any atom is 0.416 e. The van der Waals surface area contributed by atoms with Crippen LogP contribution < -0.4 is 5.32 Å². The van der Waals surface area contributed by atoms with Gasteiger partial charge in [0.2, 0.25) is 11.8 Å². The molecule has 1 aliphatic rings. The van der Waals surface area contributed by atoms with Crippen LogP contribution in [0.15, 0.2) is 48.5 Å². The standard InChI is InChI=1S/C20H19F3N2O2/c1-13(26)25-10-9-15-6-2-3-8-17(15)18(25)19(27)24-12-14-5-4-7-16(11-14)20(21,22)23/h2-8,11,18H,9-10,12H2,1H3,(H,24,27)/t18-/m0/s1. The van der Waals surface area contributed by atoms with Crippen molar-refractivity contribution in [3.05, 3.63) is 70.8 Å². The third-order valence-corrected chi connectivity index (χ3v) is 4.66. The van der Waals surface area contributed by atoms with E-state index in [1.807, 2.05) is 12.1 Å². The van der Waals surface area contributed by atoms with E-state index < -0.39 is 23.7 Å². The number of fused-ring (bicyclic) bond motifs is 1. The molecule has 0 fully saturated rings. The minimum absolute atomic E-state index is 0.0484. The maximum atomic E-state index is 12.8. The minimum atomic E-state index is -4.44. The van der Waals surface area contributed by atoms with Crippen molar-refractivity contribution >= 4 is 11.8 Å². The molecule has 0 aliphatic carbocycles. The Morgan fingerprint density at radius 1 is 1.15 bits per heavy atom. The lowest BCUT2D eigenvalue weighted by Gasteiger charge is -2.35. The van der Waals surface area contributed by atoms with Crippen LogP contribution in [0.5, 0.6) is 0 Å². The summed E-state index contributed by atoms with van der Waals surface area (Å²) in [5, 5.41) is 2.67. The fraction of sp³-hybridized carbons (Fsp3) is 0.300. The van der Waals surface area contributed by atoms with Crippen LogP contribution in [0.4, 0.5) is 13.2 Å². The Labute approximate surface area is 155 Å². The lowest BCUT2D eigenvalue weighted by atomic mass is 9.92. The van der Waals surface area contributed by atoms with Crippen LogP contribution in [0.25, 0.3) is 0 Å². The Hall–Kier alpha value is -2.83. The second kappa shape index (κ2) is 7.42. The van der Waals surface area contributed by atoms with E-state index in [0.29, 0.717) is 18.5 Å². The van der Waals surface area contributed by atoms with E-state index in [2.05, 4.69) is 5.32 Å². The van der Waals surface area contributed by atoms with Gasteiger partial charge in [0.1, 0.15) is 6.04 Å². The van der Waals surface area contributed by atoms with Crippen LogP contribution in [0, 0.1) is 0 Å². The summed E-state index contributed by atoms with van der Waals surface area (Å²) in [6, 6.07) is 11.4. The monoisotopic (exact) mass is 376 g/mol. The van der Waals surface area contributed by atoms with Gasteiger partial charge in [-0.3, -0.25) is 9.59 Å². The molecule has 0 saturated carbocycles. The number of carbonyl (C=O) groups excluding carboxylic acids is 2. The number of nitrogens with one attached hydrogen (secondary N) is 1. The third-order valence-electron chi connectivity index (χ3n) is 4.66. The van der Waals surface area contributed by atoms with Gasteiger partial charge in [-0.15, -0.1) is 0 Å². The van der Waals surface area contributed by atoms with E-state index in [9.17, 15) is 22.8 Å². The fourth-order valence-corrected chi connectivity index (χ4v) is 3.33. The second-order valence-corrected chi connectivity index (χ2v) is 6.48. The maximum absolute atomic E-state index is 12.8. The first-order chi connectivity index (χ1) is 12.8. The SMILES string of the molecule is CC(=O)N1CCc2ccccc2[C@H]1C(=O)NCc1cccc(C(F)(F)F)c1. The Balaban J connectivity index is 1.79. The quantitative estimate of drug-likeness (QED) is 0.892. The zero-order valence-electron chi connectivity index (χ0n) is 14.7. The number of nitrogens with zero attached hydrogens (tertiary/aromatic N) is 1. The van der Waals surface area contributed by atoms with Crippen LogP contribution in [0.2, 0.25) is 0 Å². The molecule has 1 N–H and O–H groups in total. The first-order valence-corrected chi connectivity index (χ1v) is 8.56. The first kappa shape index (κ1) is 18.9. The van der Waals surface area contributed by atoms with Crippen molar-refractivity contribution in [1.82, 2.24) is 10.2 Å². The average molecular weight is 376 g/mol.